The maximum atomic E-state index is 12.2. The highest BCUT2D eigenvalue weighted by atomic mass is 16.5. The summed E-state index contributed by atoms with van der Waals surface area (Å²) in [5, 5.41) is 0. The summed E-state index contributed by atoms with van der Waals surface area (Å²) >= 11 is 0. The number of carbonyl (C=O) groups excluding carboxylic acids is 1. The van der Waals surface area contributed by atoms with Gasteiger partial charge in [-0.25, -0.2) is 0 Å². The van der Waals surface area contributed by atoms with E-state index in [9.17, 15) is 4.79 Å². The molecule has 0 saturated heterocycles. The van der Waals surface area contributed by atoms with E-state index < -0.39 is 0 Å². The molecule has 94 valence electrons. The van der Waals surface area contributed by atoms with Gasteiger partial charge in [-0.15, -0.1) is 0 Å². The van der Waals surface area contributed by atoms with Crippen molar-refractivity contribution in [2.45, 2.75) is 38.6 Å². The van der Waals surface area contributed by atoms with Crippen LogP contribution in [0.4, 0.5) is 0 Å². The number of amides is 1. The van der Waals surface area contributed by atoms with E-state index in [4.69, 9.17) is 10.5 Å². The van der Waals surface area contributed by atoms with E-state index >= 15 is 0 Å². The van der Waals surface area contributed by atoms with Gasteiger partial charge in [0.1, 0.15) is 0 Å². The summed E-state index contributed by atoms with van der Waals surface area (Å²) in [5.41, 5.74) is 6.02. The molecule has 0 radical (unpaired) electrons. The fraction of sp³-hybridized carbons (Fsp3) is 0.917. The van der Waals surface area contributed by atoms with E-state index in [-0.39, 0.29) is 17.9 Å². The Hall–Kier alpha value is -0.610. The summed E-state index contributed by atoms with van der Waals surface area (Å²) < 4.78 is 5.01. The Balaban J connectivity index is 2.51. The van der Waals surface area contributed by atoms with Gasteiger partial charge in [0, 0.05) is 26.2 Å². The maximum Gasteiger partial charge on any atom is 0.227 e. The van der Waals surface area contributed by atoms with Gasteiger partial charge in [0.2, 0.25) is 5.91 Å². The second-order valence-electron chi connectivity index (χ2n) is 4.47. The van der Waals surface area contributed by atoms with E-state index in [0.717, 1.165) is 32.2 Å². The van der Waals surface area contributed by atoms with Crippen LogP contribution in [0.25, 0.3) is 0 Å². The molecule has 16 heavy (non-hydrogen) atoms. The van der Waals surface area contributed by atoms with Crippen LogP contribution in [0.1, 0.15) is 32.6 Å². The molecule has 0 aliphatic heterocycles. The average Bonchev–Trinajstić information content (AvgIpc) is 2.30. The molecule has 2 N–H and O–H groups in total. The van der Waals surface area contributed by atoms with E-state index in [2.05, 4.69) is 0 Å². The highest BCUT2D eigenvalue weighted by Crippen LogP contribution is 2.24. The molecule has 1 aliphatic carbocycles. The van der Waals surface area contributed by atoms with Crippen LogP contribution in [0.3, 0.4) is 0 Å². The molecule has 1 aliphatic rings. The number of ether oxygens (including phenoxy) is 1. The molecule has 1 rings (SSSR count). The number of rotatable bonds is 5. The summed E-state index contributed by atoms with van der Waals surface area (Å²) in [4.78, 5) is 14.1. The lowest BCUT2D eigenvalue weighted by atomic mass is 9.84. The molecule has 4 heteroatoms. The van der Waals surface area contributed by atoms with Crippen LogP contribution in [-0.2, 0) is 9.53 Å². The number of nitrogens with zero attached hydrogens (tertiary/aromatic N) is 1. The first-order valence-electron chi connectivity index (χ1n) is 6.24. The lowest BCUT2D eigenvalue weighted by Gasteiger charge is -2.32. The zero-order valence-corrected chi connectivity index (χ0v) is 10.4. The predicted molar refractivity (Wildman–Crippen MR) is 64.1 cm³/mol. The first-order chi connectivity index (χ1) is 7.70. The van der Waals surface area contributed by atoms with Gasteiger partial charge < -0.3 is 15.4 Å². The van der Waals surface area contributed by atoms with Gasteiger partial charge in [-0.2, -0.15) is 0 Å². The second kappa shape index (κ2) is 6.86. The normalized spacial score (nSPS) is 25.4. The van der Waals surface area contributed by atoms with Crippen molar-refractivity contribution in [1.29, 1.82) is 0 Å². The van der Waals surface area contributed by atoms with Crippen molar-refractivity contribution in [2.24, 2.45) is 11.7 Å². The molecule has 2 unspecified atom stereocenters. The third kappa shape index (κ3) is 3.46. The van der Waals surface area contributed by atoms with E-state index in [1.165, 1.54) is 0 Å². The summed E-state index contributed by atoms with van der Waals surface area (Å²) in [7, 11) is 1.66. The quantitative estimate of drug-likeness (QED) is 0.763. The van der Waals surface area contributed by atoms with Gasteiger partial charge in [0.25, 0.3) is 0 Å². The fourth-order valence-electron chi connectivity index (χ4n) is 2.33. The molecule has 0 aromatic carbocycles. The van der Waals surface area contributed by atoms with Gasteiger partial charge in [0.05, 0.1) is 12.5 Å². The minimum absolute atomic E-state index is 0.0329. The summed E-state index contributed by atoms with van der Waals surface area (Å²) in [6, 6.07) is 0.0536. The Bertz CT molecular complexity index is 221. The highest BCUT2D eigenvalue weighted by Gasteiger charge is 2.30. The summed E-state index contributed by atoms with van der Waals surface area (Å²) in [6.07, 6.45) is 4.23. The number of nitrogens with two attached hydrogens (primary N) is 1. The largest absolute Gasteiger partial charge is 0.383 e. The van der Waals surface area contributed by atoms with Crippen molar-refractivity contribution in [3.63, 3.8) is 0 Å². The predicted octanol–water partition coefficient (Wildman–Crippen LogP) is 0.999. The van der Waals surface area contributed by atoms with Crippen LogP contribution in [0.15, 0.2) is 0 Å². The van der Waals surface area contributed by atoms with Crippen LogP contribution in [0, 0.1) is 5.92 Å². The Kier molecular flexibility index (Phi) is 5.77. The molecule has 0 spiro atoms. The Labute approximate surface area is 98.1 Å². The zero-order valence-electron chi connectivity index (χ0n) is 10.4. The fourth-order valence-corrected chi connectivity index (χ4v) is 2.33. The van der Waals surface area contributed by atoms with E-state index in [0.29, 0.717) is 13.2 Å². The monoisotopic (exact) mass is 228 g/mol. The third-order valence-corrected chi connectivity index (χ3v) is 3.40. The van der Waals surface area contributed by atoms with Crippen molar-refractivity contribution < 1.29 is 9.53 Å². The number of hydrogen-bond acceptors (Lipinski definition) is 3. The van der Waals surface area contributed by atoms with Crippen molar-refractivity contribution in [1.82, 2.24) is 4.90 Å². The molecule has 1 amide bonds. The number of methoxy groups -OCH3 is 1. The number of hydrogen-bond donors (Lipinski definition) is 1. The number of likely N-dealkylation sites (N-methyl/N-ethyl adjacent to an activating group) is 1. The van der Waals surface area contributed by atoms with Crippen molar-refractivity contribution in [3.05, 3.63) is 0 Å². The Morgan fingerprint density at radius 2 is 2.12 bits per heavy atom. The molecule has 2 atom stereocenters. The standard InChI is InChI=1S/C12H24N2O2/c1-3-14(8-9-16-2)12(15)10-6-4-5-7-11(10)13/h10-11H,3-9,13H2,1-2H3. The molecule has 0 aromatic rings. The summed E-state index contributed by atoms with van der Waals surface area (Å²) in [6.45, 7) is 4.02. The van der Waals surface area contributed by atoms with Gasteiger partial charge >= 0.3 is 0 Å². The Morgan fingerprint density at radius 3 is 2.69 bits per heavy atom. The topological polar surface area (TPSA) is 55.6 Å². The minimum Gasteiger partial charge on any atom is -0.383 e. The first-order valence-corrected chi connectivity index (χ1v) is 6.24. The molecular weight excluding hydrogens is 204 g/mol. The van der Waals surface area contributed by atoms with E-state index in [1.807, 2.05) is 11.8 Å². The van der Waals surface area contributed by atoms with Gasteiger partial charge in [-0.05, 0) is 19.8 Å². The molecule has 1 fully saturated rings. The third-order valence-electron chi connectivity index (χ3n) is 3.40. The molecule has 1 saturated carbocycles. The van der Waals surface area contributed by atoms with Crippen LogP contribution >= 0.6 is 0 Å². The summed E-state index contributed by atoms with van der Waals surface area (Å²) in [5.74, 6) is 0.248. The van der Waals surface area contributed by atoms with Crippen molar-refractivity contribution in [3.8, 4) is 0 Å². The van der Waals surface area contributed by atoms with E-state index in [1.54, 1.807) is 7.11 Å². The highest BCUT2D eigenvalue weighted by molar-refractivity contribution is 5.79. The Morgan fingerprint density at radius 1 is 1.44 bits per heavy atom. The van der Waals surface area contributed by atoms with Crippen LogP contribution in [-0.4, -0.2) is 43.7 Å². The van der Waals surface area contributed by atoms with Crippen molar-refractivity contribution in [2.75, 3.05) is 26.8 Å². The lowest BCUT2D eigenvalue weighted by Crippen LogP contribution is -2.46. The SMILES string of the molecule is CCN(CCOC)C(=O)C1CCCCC1N. The van der Waals surface area contributed by atoms with Gasteiger partial charge in [0.15, 0.2) is 0 Å². The lowest BCUT2D eigenvalue weighted by molar-refractivity contribution is -0.137. The smallest absolute Gasteiger partial charge is 0.227 e. The molecule has 4 nitrogen and oxygen atoms in total. The molecule has 0 heterocycles. The molecular formula is C12H24N2O2. The maximum absolute atomic E-state index is 12.2. The van der Waals surface area contributed by atoms with Gasteiger partial charge in [-0.1, -0.05) is 12.8 Å². The zero-order chi connectivity index (χ0) is 12.0. The van der Waals surface area contributed by atoms with Crippen LogP contribution in [0.2, 0.25) is 0 Å². The number of carbonyl (C=O) groups is 1. The first kappa shape index (κ1) is 13.5. The van der Waals surface area contributed by atoms with Crippen molar-refractivity contribution >= 4 is 5.91 Å². The molecule has 0 bridgehead atoms. The van der Waals surface area contributed by atoms with Crippen LogP contribution in [0.5, 0.6) is 0 Å². The van der Waals surface area contributed by atoms with Gasteiger partial charge in [-0.3, -0.25) is 4.79 Å². The second-order valence-corrected chi connectivity index (χ2v) is 4.47. The average molecular weight is 228 g/mol. The molecule has 0 aromatic heterocycles. The van der Waals surface area contributed by atoms with Crippen LogP contribution < -0.4 is 5.73 Å². The minimum atomic E-state index is 0.0329.